The largest absolute Gasteiger partial charge is 0.329 e. The number of aromatic amines is 1. The Kier molecular flexibility index (Phi) is 7.01. The van der Waals surface area contributed by atoms with Crippen molar-refractivity contribution < 1.29 is 14.0 Å². The molecule has 0 aliphatic carbocycles. The average Bonchev–Trinajstić information content (AvgIpc) is 2.86. The van der Waals surface area contributed by atoms with Crippen LogP contribution in [0.4, 0.5) is 10.1 Å². The highest BCUT2D eigenvalue weighted by Crippen LogP contribution is 2.21. The first-order valence-electron chi connectivity index (χ1n) is 11.1. The molecule has 4 aromatic rings. The minimum atomic E-state index is -0.741. The molecule has 3 aromatic carbocycles. The van der Waals surface area contributed by atoms with Crippen LogP contribution in [0.5, 0.6) is 0 Å². The predicted octanol–water partition coefficient (Wildman–Crippen LogP) is 3.31. The molecule has 4 rings (SSSR count). The molecule has 0 aliphatic heterocycles. The second kappa shape index (κ2) is 10.3. The van der Waals surface area contributed by atoms with Crippen molar-refractivity contribution in [1.82, 2.24) is 9.55 Å². The van der Waals surface area contributed by atoms with Crippen LogP contribution in [0.3, 0.4) is 0 Å². The van der Waals surface area contributed by atoms with Crippen molar-refractivity contribution in [1.29, 1.82) is 0 Å². The number of hydrogen-bond acceptors (Lipinski definition) is 4. The summed E-state index contributed by atoms with van der Waals surface area (Å²) in [7, 11) is 1.57. The Balaban J connectivity index is 1.59. The van der Waals surface area contributed by atoms with Gasteiger partial charge < -0.3 is 9.88 Å². The van der Waals surface area contributed by atoms with Gasteiger partial charge in [0, 0.05) is 25.1 Å². The van der Waals surface area contributed by atoms with E-state index < -0.39 is 35.3 Å². The van der Waals surface area contributed by atoms with Gasteiger partial charge in [-0.3, -0.25) is 19.0 Å². The van der Waals surface area contributed by atoms with Crippen LogP contribution in [0.2, 0.25) is 0 Å². The highest BCUT2D eigenvalue weighted by molar-refractivity contribution is 5.97. The van der Waals surface area contributed by atoms with Gasteiger partial charge in [0.1, 0.15) is 5.82 Å². The molecule has 0 bridgehead atoms. The van der Waals surface area contributed by atoms with E-state index in [1.54, 1.807) is 31.3 Å². The van der Waals surface area contributed by atoms with Crippen molar-refractivity contribution in [3.63, 3.8) is 0 Å². The summed E-state index contributed by atoms with van der Waals surface area (Å²) in [6.45, 7) is -0.447. The molecule has 1 atom stereocenters. The number of anilines is 1. The highest BCUT2D eigenvalue weighted by Gasteiger charge is 2.27. The topological polar surface area (TPSA) is 92.2 Å². The molecule has 0 saturated carbocycles. The van der Waals surface area contributed by atoms with Crippen LogP contribution in [0.1, 0.15) is 12.0 Å². The standard InChI is InChI=1S/C27H24FN3O4/c1-30(21-13-11-20(28)12-14-21)25(33)19(15-18-7-3-2-4-8-18)16-22(32)17-31-26(34)23-9-5-6-10-24(23)29-27(31)35/h2-14,19H,15-17H2,1H3,(H,29,35)/t19-/m1/s1. The molecule has 0 radical (unpaired) electrons. The number of rotatable bonds is 8. The number of carbonyl (C=O) groups is 2. The highest BCUT2D eigenvalue weighted by atomic mass is 19.1. The zero-order valence-electron chi connectivity index (χ0n) is 19.1. The number of nitrogens with zero attached hydrogens (tertiary/aromatic N) is 2. The second-order valence-electron chi connectivity index (χ2n) is 8.37. The van der Waals surface area contributed by atoms with Gasteiger partial charge in [0.15, 0.2) is 5.78 Å². The Morgan fingerprint density at radius 3 is 2.31 bits per heavy atom. The second-order valence-corrected chi connectivity index (χ2v) is 8.37. The van der Waals surface area contributed by atoms with E-state index in [1.165, 1.54) is 29.2 Å². The van der Waals surface area contributed by atoms with Gasteiger partial charge in [-0.1, -0.05) is 42.5 Å². The number of H-pyrrole nitrogens is 1. The molecule has 1 aromatic heterocycles. The van der Waals surface area contributed by atoms with Crippen LogP contribution in [-0.4, -0.2) is 28.3 Å². The number of amides is 1. The fraction of sp³-hybridized carbons (Fsp3) is 0.185. The number of fused-ring (bicyclic) bond motifs is 1. The molecule has 1 N–H and O–H groups in total. The van der Waals surface area contributed by atoms with Crippen LogP contribution in [0.25, 0.3) is 10.9 Å². The number of carbonyl (C=O) groups excluding carboxylic acids is 2. The molecule has 0 unspecified atom stereocenters. The molecule has 0 aliphatic rings. The summed E-state index contributed by atoms with van der Waals surface area (Å²) in [6, 6.07) is 21.3. The summed E-state index contributed by atoms with van der Waals surface area (Å²) in [5.74, 6) is -1.91. The lowest BCUT2D eigenvalue weighted by Crippen LogP contribution is -2.39. The predicted molar refractivity (Wildman–Crippen MR) is 132 cm³/mol. The average molecular weight is 474 g/mol. The zero-order valence-corrected chi connectivity index (χ0v) is 19.1. The number of benzene rings is 3. The number of hydrogen-bond donors (Lipinski definition) is 1. The summed E-state index contributed by atoms with van der Waals surface area (Å²) in [5, 5.41) is 0.299. The summed E-state index contributed by atoms with van der Waals surface area (Å²) < 4.78 is 14.2. The molecule has 8 heteroatoms. The number of Topliss-reactive ketones (excluding diaryl/α,β-unsaturated/α-hetero) is 1. The van der Waals surface area contributed by atoms with Gasteiger partial charge in [-0.15, -0.1) is 0 Å². The van der Waals surface area contributed by atoms with Crippen molar-refractivity contribution in [2.75, 3.05) is 11.9 Å². The van der Waals surface area contributed by atoms with Gasteiger partial charge in [0.25, 0.3) is 5.56 Å². The van der Waals surface area contributed by atoms with Crippen LogP contribution in [0.15, 0.2) is 88.5 Å². The quantitative estimate of drug-likeness (QED) is 0.425. The van der Waals surface area contributed by atoms with Crippen molar-refractivity contribution in [2.45, 2.75) is 19.4 Å². The Bertz CT molecular complexity index is 1480. The van der Waals surface area contributed by atoms with Gasteiger partial charge in [0.05, 0.1) is 17.4 Å². The number of aromatic nitrogens is 2. The van der Waals surface area contributed by atoms with Gasteiger partial charge in [-0.2, -0.15) is 0 Å². The first-order valence-corrected chi connectivity index (χ1v) is 11.1. The molecule has 0 spiro atoms. The normalized spacial score (nSPS) is 11.8. The number of nitrogens with one attached hydrogen (secondary N) is 1. The molecule has 0 saturated heterocycles. The van der Waals surface area contributed by atoms with E-state index in [0.717, 1.165) is 10.1 Å². The maximum absolute atomic E-state index is 13.4. The maximum Gasteiger partial charge on any atom is 0.329 e. The lowest BCUT2D eigenvalue weighted by molar-refractivity contribution is -0.127. The smallest absolute Gasteiger partial charge is 0.315 e. The third-order valence-electron chi connectivity index (χ3n) is 5.92. The zero-order chi connectivity index (χ0) is 24.9. The SMILES string of the molecule is CN(C(=O)[C@@H](CC(=O)Cn1c(=O)[nH]c2ccccc2c1=O)Cc1ccccc1)c1ccc(F)cc1. The van der Waals surface area contributed by atoms with Gasteiger partial charge in [-0.25, -0.2) is 9.18 Å². The lowest BCUT2D eigenvalue weighted by Gasteiger charge is -2.24. The summed E-state index contributed by atoms with van der Waals surface area (Å²) >= 11 is 0. The molecule has 7 nitrogen and oxygen atoms in total. The molecule has 0 fully saturated rings. The Hall–Kier alpha value is -4.33. The van der Waals surface area contributed by atoms with Crippen LogP contribution >= 0.6 is 0 Å². The summed E-state index contributed by atoms with van der Waals surface area (Å²) in [5.41, 5.74) is 0.503. The third-order valence-corrected chi connectivity index (χ3v) is 5.92. The fourth-order valence-corrected chi connectivity index (χ4v) is 4.07. The van der Waals surface area contributed by atoms with E-state index in [1.807, 2.05) is 30.3 Å². The molecule has 1 amide bonds. The maximum atomic E-state index is 13.4. The molecular formula is C27H24FN3O4. The Labute approximate surface area is 200 Å². The molecule has 1 heterocycles. The van der Waals surface area contributed by atoms with Gasteiger partial charge in [0.2, 0.25) is 5.91 Å². The monoisotopic (exact) mass is 473 g/mol. The van der Waals surface area contributed by atoms with E-state index >= 15 is 0 Å². The van der Waals surface area contributed by atoms with E-state index in [9.17, 15) is 23.6 Å². The van der Waals surface area contributed by atoms with E-state index in [0.29, 0.717) is 23.0 Å². The summed E-state index contributed by atoms with van der Waals surface area (Å²) in [4.78, 5) is 55.7. The third kappa shape index (κ3) is 5.43. The minimum absolute atomic E-state index is 0.169. The van der Waals surface area contributed by atoms with Gasteiger partial charge in [-0.05, 0) is 48.4 Å². The van der Waals surface area contributed by atoms with Gasteiger partial charge >= 0.3 is 5.69 Å². The first kappa shape index (κ1) is 23.8. The van der Waals surface area contributed by atoms with Crippen molar-refractivity contribution >= 4 is 28.3 Å². The van der Waals surface area contributed by atoms with Crippen molar-refractivity contribution in [3.8, 4) is 0 Å². The van der Waals surface area contributed by atoms with E-state index in [4.69, 9.17) is 0 Å². The number of ketones is 1. The Morgan fingerprint density at radius 1 is 0.943 bits per heavy atom. The lowest BCUT2D eigenvalue weighted by atomic mass is 9.92. The molecular weight excluding hydrogens is 449 g/mol. The van der Waals surface area contributed by atoms with Crippen molar-refractivity contribution in [2.24, 2.45) is 5.92 Å². The Morgan fingerprint density at radius 2 is 1.60 bits per heavy atom. The van der Waals surface area contributed by atoms with Crippen molar-refractivity contribution in [3.05, 3.63) is 111 Å². The van der Waals surface area contributed by atoms with E-state index in [-0.39, 0.29) is 12.3 Å². The molecule has 178 valence electrons. The van der Waals surface area contributed by atoms with Crippen LogP contribution in [-0.2, 0) is 22.6 Å². The molecule has 35 heavy (non-hydrogen) atoms. The number of para-hydroxylation sites is 1. The van der Waals surface area contributed by atoms with Crippen LogP contribution < -0.4 is 16.1 Å². The van der Waals surface area contributed by atoms with Crippen LogP contribution in [0, 0.1) is 11.7 Å². The first-order chi connectivity index (χ1) is 16.8. The van der Waals surface area contributed by atoms with E-state index in [2.05, 4.69) is 4.98 Å². The number of halogens is 1. The fourth-order valence-electron chi connectivity index (χ4n) is 4.07. The minimum Gasteiger partial charge on any atom is -0.315 e. The summed E-state index contributed by atoms with van der Waals surface area (Å²) in [6.07, 6.45) is 0.123.